The second kappa shape index (κ2) is 16.5. The van der Waals surface area contributed by atoms with E-state index in [1.54, 1.807) is 10.7 Å². The van der Waals surface area contributed by atoms with E-state index in [9.17, 15) is 45.4 Å². The second-order valence-electron chi connectivity index (χ2n) is 16.9. The van der Waals surface area contributed by atoms with Crippen molar-refractivity contribution in [3.8, 4) is 0 Å². The molecule has 0 saturated heterocycles. The number of rotatable bonds is 8. The number of carboxylic acid groups (broad SMARTS) is 1. The van der Waals surface area contributed by atoms with Crippen LogP contribution in [-0.2, 0) is 36.5 Å². The summed E-state index contributed by atoms with van der Waals surface area (Å²) in [5, 5.41) is 18.5. The first-order valence-electron chi connectivity index (χ1n) is 18.5. The van der Waals surface area contributed by atoms with Crippen molar-refractivity contribution in [1.29, 1.82) is 0 Å². The number of nitrogens with zero attached hydrogens (tertiary/aromatic N) is 4. The Kier molecular flexibility index (Phi) is 13.0. The molecule has 1 N–H and O–H groups in total. The highest BCUT2D eigenvalue weighted by atomic mass is 19.4. The van der Waals surface area contributed by atoms with Gasteiger partial charge in [0.1, 0.15) is 17.0 Å². The Labute approximate surface area is 333 Å². The van der Waals surface area contributed by atoms with Crippen LogP contribution in [-0.4, -0.2) is 36.4 Å². The van der Waals surface area contributed by atoms with Gasteiger partial charge in [-0.3, -0.25) is 14.2 Å². The van der Waals surface area contributed by atoms with Crippen molar-refractivity contribution in [3.05, 3.63) is 138 Å². The van der Waals surface area contributed by atoms with Crippen LogP contribution in [0.1, 0.15) is 130 Å². The minimum atomic E-state index is -5.66. The van der Waals surface area contributed by atoms with Crippen molar-refractivity contribution in [2.45, 2.75) is 120 Å². The van der Waals surface area contributed by atoms with Crippen LogP contribution < -0.4 is 0 Å². The van der Waals surface area contributed by atoms with Gasteiger partial charge in [-0.25, -0.2) is 22.4 Å². The van der Waals surface area contributed by atoms with Gasteiger partial charge in [0, 0.05) is 22.8 Å². The summed E-state index contributed by atoms with van der Waals surface area (Å²) in [7, 11) is 0. The van der Waals surface area contributed by atoms with Gasteiger partial charge in [-0.2, -0.15) is 23.4 Å². The molecule has 58 heavy (non-hydrogen) atoms. The fourth-order valence-electron chi connectivity index (χ4n) is 6.75. The first-order chi connectivity index (χ1) is 26.5. The van der Waals surface area contributed by atoms with E-state index in [-0.39, 0.29) is 23.3 Å². The number of aromatic carboxylic acids is 1. The number of halogens is 7. The zero-order valence-corrected chi connectivity index (χ0v) is 34.8. The summed E-state index contributed by atoms with van der Waals surface area (Å²) in [6, 6.07) is 11.2. The fourth-order valence-corrected chi connectivity index (χ4v) is 6.75. The third-order valence-electron chi connectivity index (χ3n) is 9.87. The van der Waals surface area contributed by atoms with Gasteiger partial charge in [0.2, 0.25) is 0 Å². The van der Waals surface area contributed by atoms with Crippen LogP contribution in [0.4, 0.5) is 30.7 Å². The number of hydrogen-bond donors (Lipinski definition) is 1. The number of Topliss-reactive ketones (excluding diaryl/α,β-unsaturated/α-hetero) is 1. The topological polar surface area (TPSA) is 90.0 Å². The van der Waals surface area contributed by atoms with Crippen LogP contribution in [0.5, 0.6) is 0 Å². The molecule has 0 atom stereocenters. The summed E-state index contributed by atoms with van der Waals surface area (Å²) >= 11 is 0. The Morgan fingerprint density at radius 1 is 0.569 bits per heavy atom. The molecule has 0 unspecified atom stereocenters. The number of alkyl halides is 3. The van der Waals surface area contributed by atoms with Gasteiger partial charge in [-0.1, -0.05) is 76.9 Å². The van der Waals surface area contributed by atoms with E-state index >= 15 is 0 Å². The summed E-state index contributed by atoms with van der Waals surface area (Å²) < 4.78 is 98.7. The van der Waals surface area contributed by atoms with Crippen molar-refractivity contribution in [2.75, 3.05) is 0 Å². The minimum absolute atomic E-state index is 0.0983. The summed E-state index contributed by atoms with van der Waals surface area (Å²) in [4.78, 5) is 24.7. The highest BCUT2D eigenvalue weighted by Gasteiger charge is 2.42. The Morgan fingerprint density at radius 2 is 0.914 bits per heavy atom. The van der Waals surface area contributed by atoms with Crippen molar-refractivity contribution < 1.29 is 45.4 Å². The van der Waals surface area contributed by atoms with Crippen LogP contribution in [0.3, 0.4) is 0 Å². The van der Waals surface area contributed by atoms with Crippen LogP contribution >= 0.6 is 0 Å². The van der Waals surface area contributed by atoms with E-state index in [1.807, 2.05) is 74.4 Å². The molecule has 3 aromatic carbocycles. The Morgan fingerprint density at radius 3 is 1.24 bits per heavy atom. The highest BCUT2D eigenvalue weighted by Crippen LogP contribution is 2.37. The van der Waals surface area contributed by atoms with Gasteiger partial charge < -0.3 is 5.11 Å². The third kappa shape index (κ3) is 9.87. The molecular weight excluding hydrogens is 765 g/mol. The number of aromatic nitrogens is 4. The predicted octanol–water partition coefficient (Wildman–Crippen LogP) is 11.0. The van der Waals surface area contributed by atoms with Gasteiger partial charge in [-0.15, -0.1) is 0 Å². The van der Waals surface area contributed by atoms with Crippen molar-refractivity contribution in [3.63, 3.8) is 0 Å². The molecule has 312 valence electrons. The van der Waals surface area contributed by atoms with Crippen molar-refractivity contribution >= 4 is 11.8 Å². The standard InChI is InChI=1S/C26H25F7N2O.C18H24N2O2/c1-12-7-13(2)16(14(3)8-12)11-35-17(10-19(34-35)25(4,5)6)18(36)9-15-21(27)23(29)20(26(31,32)33)24(30)22(15)28;1-11-7-12(2)14(13(3)8-11)10-20-15(17(21)22)9-16(19-20)18(4,5)6/h7-8,10H,9,11H2,1-6H3;7-9H,10H2,1-6H3,(H,21,22). The van der Waals surface area contributed by atoms with E-state index < -0.39 is 64.2 Å². The van der Waals surface area contributed by atoms with E-state index in [2.05, 4.69) is 43.1 Å². The molecule has 5 rings (SSSR count). The number of carbonyl (C=O) groups excluding carboxylic acids is 1. The lowest BCUT2D eigenvalue weighted by Crippen LogP contribution is -2.20. The summed E-state index contributed by atoms with van der Waals surface area (Å²) in [6.07, 6.45) is -6.87. The Balaban J connectivity index is 0.000000289. The molecule has 2 aromatic heterocycles. The smallest absolute Gasteiger partial charge is 0.422 e. The van der Waals surface area contributed by atoms with Gasteiger partial charge in [-0.05, 0) is 87.1 Å². The van der Waals surface area contributed by atoms with Crippen molar-refractivity contribution in [1.82, 2.24) is 19.6 Å². The summed E-state index contributed by atoms with van der Waals surface area (Å²) in [6.45, 7) is 24.1. The van der Waals surface area contributed by atoms with Crippen LogP contribution in [0, 0.1) is 64.8 Å². The molecule has 0 amide bonds. The van der Waals surface area contributed by atoms with Gasteiger partial charge >= 0.3 is 12.1 Å². The Hall–Kier alpha value is -5.27. The zero-order valence-electron chi connectivity index (χ0n) is 34.8. The molecule has 0 aliphatic rings. The summed E-state index contributed by atoms with van der Waals surface area (Å²) in [5.41, 5.74) is 5.01. The van der Waals surface area contributed by atoms with E-state index in [4.69, 9.17) is 0 Å². The number of ketones is 1. The maximum absolute atomic E-state index is 14.4. The molecule has 0 saturated carbocycles. The first kappa shape index (κ1) is 45.4. The summed E-state index contributed by atoms with van der Waals surface area (Å²) in [5.74, 6) is -11.6. The molecule has 0 aliphatic heterocycles. The molecule has 14 heteroatoms. The van der Waals surface area contributed by atoms with Gasteiger partial charge in [0.25, 0.3) is 0 Å². The zero-order chi connectivity index (χ0) is 44.0. The number of hydrogen-bond acceptors (Lipinski definition) is 4. The largest absolute Gasteiger partial charge is 0.477 e. The molecular formula is C44H49F7N4O3. The van der Waals surface area contributed by atoms with Crippen molar-refractivity contribution in [2.24, 2.45) is 0 Å². The van der Waals surface area contributed by atoms with Gasteiger partial charge in [0.15, 0.2) is 29.1 Å². The monoisotopic (exact) mass is 814 g/mol. The third-order valence-corrected chi connectivity index (χ3v) is 9.87. The van der Waals surface area contributed by atoms with E-state index in [0.29, 0.717) is 12.2 Å². The quantitative estimate of drug-likeness (QED) is 0.0957. The number of aryl methyl sites for hydroxylation is 6. The molecule has 5 aromatic rings. The lowest BCUT2D eigenvalue weighted by atomic mass is 9.92. The van der Waals surface area contributed by atoms with Gasteiger partial charge in [0.05, 0.1) is 24.5 Å². The molecule has 0 aliphatic carbocycles. The molecule has 0 bridgehead atoms. The lowest BCUT2D eigenvalue weighted by molar-refractivity contribution is -0.143. The average molecular weight is 815 g/mol. The average Bonchev–Trinajstić information content (AvgIpc) is 3.71. The SMILES string of the molecule is Cc1cc(C)c(Cn2nc(C(C)(C)C)cc2C(=O)Cc2c(F)c(F)c(C(F)(F)F)c(F)c2F)c(C)c1.Cc1cc(C)c(Cn2nc(C(C)(C)C)cc2C(=O)O)c(C)c1. The normalized spacial score (nSPS) is 12.1. The predicted molar refractivity (Wildman–Crippen MR) is 208 cm³/mol. The molecule has 7 nitrogen and oxygen atoms in total. The second-order valence-corrected chi connectivity index (χ2v) is 16.9. The number of carboxylic acids is 1. The maximum Gasteiger partial charge on any atom is 0.422 e. The molecule has 0 spiro atoms. The fraction of sp³-hybridized carbons (Fsp3) is 0.409. The first-order valence-corrected chi connectivity index (χ1v) is 18.5. The number of benzene rings is 3. The number of carbonyl (C=O) groups is 2. The molecule has 2 heterocycles. The maximum atomic E-state index is 14.4. The van der Waals surface area contributed by atoms with E-state index in [1.165, 1.54) is 27.4 Å². The minimum Gasteiger partial charge on any atom is -0.477 e. The van der Waals surface area contributed by atoms with E-state index in [0.717, 1.165) is 33.5 Å². The molecule has 0 radical (unpaired) electrons. The molecule has 0 fully saturated rings. The van der Waals surface area contributed by atoms with Crippen LogP contribution in [0.2, 0.25) is 0 Å². The van der Waals surface area contributed by atoms with Crippen LogP contribution in [0.15, 0.2) is 36.4 Å². The Bertz CT molecular complexity index is 2320. The lowest BCUT2D eigenvalue weighted by Gasteiger charge is -2.15. The van der Waals surface area contributed by atoms with Crippen LogP contribution in [0.25, 0.3) is 0 Å². The highest BCUT2D eigenvalue weighted by molar-refractivity contribution is 5.96.